The SMILES string of the molecule is COCC(CCl)NCC(C)=CCl. The summed E-state index contributed by atoms with van der Waals surface area (Å²) in [7, 11) is 1.66. The average molecular weight is 212 g/mol. The molecule has 0 aromatic rings. The second-order valence-corrected chi connectivity index (χ2v) is 3.17. The van der Waals surface area contributed by atoms with Crippen LogP contribution in [0, 0.1) is 0 Å². The molecule has 0 heterocycles. The molecule has 0 radical (unpaired) electrons. The van der Waals surface area contributed by atoms with Crippen molar-refractivity contribution in [2.75, 3.05) is 26.1 Å². The Morgan fingerprint density at radius 2 is 2.33 bits per heavy atom. The van der Waals surface area contributed by atoms with Crippen molar-refractivity contribution < 1.29 is 4.74 Å². The highest BCUT2D eigenvalue weighted by molar-refractivity contribution is 6.25. The predicted octanol–water partition coefficient (Wildman–Crippen LogP) is 1.97. The van der Waals surface area contributed by atoms with Gasteiger partial charge in [0.25, 0.3) is 0 Å². The fraction of sp³-hybridized carbons (Fsp3) is 0.750. The third-order valence-corrected chi connectivity index (χ3v) is 2.15. The zero-order valence-electron chi connectivity index (χ0n) is 7.44. The van der Waals surface area contributed by atoms with Gasteiger partial charge in [-0.15, -0.1) is 11.6 Å². The first-order valence-electron chi connectivity index (χ1n) is 3.78. The topological polar surface area (TPSA) is 21.3 Å². The summed E-state index contributed by atoms with van der Waals surface area (Å²) in [6.45, 7) is 3.33. The summed E-state index contributed by atoms with van der Waals surface area (Å²) >= 11 is 11.2. The molecule has 0 aliphatic heterocycles. The molecule has 0 saturated heterocycles. The summed E-state index contributed by atoms with van der Waals surface area (Å²) in [5.74, 6) is 0.545. The van der Waals surface area contributed by atoms with Gasteiger partial charge in [-0.1, -0.05) is 11.6 Å². The molecule has 0 fully saturated rings. The summed E-state index contributed by atoms with van der Waals surface area (Å²) in [6, 6.07) is 0.197. The minimum Gasteiger partial charge on any atom is -0.383 e. The molecule has 0 bridgehead atoms. The van der Waals surface area contributed by atoms with Gasteiger partial charge in [0.15, 0.2) is 0 Å². The van der Waals surface area contributed by atoms with Gasteiger partial charge in [0.2, 0.25) is 0 Å². The van der Waals surface area contributed by atoms with Gasteiger partial charge < -0.3 is 10.1 Å². The predicted molar refractivity (Wildman–Crippen MR) is 54.0 cm³/mol. The van der Waals surface area contributed by atoms with Gasteiger partial charge in [0.05, 0.1) is 6.61 Å². The highest BCUT2D eigenvalue weighted by atomic mass is 35.5. The third kappa shape index (κ3) is 5.84. The van der Waals surface area contributed by atoms with Crippen LogP contribution < -0.4 is 5.32 Å². The van der Waals surface area contributed by atoms with E-state index in [1.54, 1.807) is 12.6 Å². The lowest BCUT2D eigenvalue weighted by atomic mass is 10.3. The highest BCUT2D eigenvalue weighted by Crippen LogP contribution is 1.95. The maximum absolute atomic E-state index is 5.68. The smallest absolute Gasteiger partial charge is 0.0627 e. The molecule has 1 unspecified atom stereocenters. The molecule has 0 aromatic carbocycles. The van der Waals surface area contributed by atoms with E-state index >= 15 is 0 Å². The van der Waals surface area contributed by atoms with Gasteiger partial charge in [-0.05, 0) is 12.5 Å². The van der Waals surface area contributed by atoms with E-state index in [1.807, 2.05) is 6.92 Å². The van der Waals surface area contributed by atoms with E-state index in [4.69, 9.17) is 27.9 Å². The number of nitrogens with one attached hydrogen (secondary N) is 1. The zero-order chi connectivity index (χ0) is 9.40. The van der Waals surface area contributed by atoms with Gasteiger partial charge in [-0.25, -0.2) is 0 Å². The van der Waals surface area contributed by atoms with Crippen molar-refractivity contribution in [3.05, 3.63) is 11.1 Å². The Morgan fingerprint density at radius 1 is 1.67 bits per heavy atom. The van der Waals surface area contributed by atoms with Crippen LogP contribution in [-0.2, 0) is 4.74 Å². The molecule has 2 nitrogen and oxygen atoms in total. The first-order valence-corrected chi connectivity index (χ1v) is 4.75. The molecule has 4 heteroatoms. The van der Waals surface area contributed by atoms with E-state index in [0.717, 1.165) is 12.1 Å². The Labute approximate surface area is 83.9 Å². The highest BCUT2D eigenvalue weighted by Gasteiger charge is 2.04. The van der Waals surface area contributed by atoms with Crippen LogP contribution in [0.4, 0.5) is 0 Å². The van der Waals surface area contributed by atoms with Gasteiger partial charge in [0, 0.05) is 31.1 Å². The Balaban J connectivity index is 3.57. The van der Waals surface area contributed by atoms with Crippen molar-refractivity contribution in [3.8, 4) is 0 Å². The molecular formula is C8H15Cl2NO. The second kappa shape index (κ2) is 7.87. The Morgan fingerprint density at radius 3 is 2.75 bits per heavy atom. The molecule has 0 aliphatic rings. The number of rotatable bonds is 6. The number of methoxy groups -OCH3 is 1. The van der Waals surface area contributed by atoms with E-state index in [-0.39, 0.29) is 6.04 Å². The zero-order valence-corrected chi connectivity index (χ0v) is 8.95. The van der Waals surface area contributed by atoms with Gasteiger partial charge in [-0.3, -0.25) is 0 Å². The summed E-state index contributed by atoms with van der Waals surface area (Å²) in [4.78, 5) is 0. The molecule has 0 amide bonds. The standard InChI is InChI=1S/C8H15Cl2NO/c1-7(3-9)5-11-8(4-10)6-12-2/h3,8,11H,4-6H2,1-2H3. The van der Waals surface area contributed by atoms with Crippen molar-refractivity contribution in [1.29, 1.82) is 0 Å². The first-order chi connectivity index (χ1) is 5.74. The summed E-state index contributed by atoms with van der Waals surface area (Å²) in [6.07, 6.45) is 0. The van der Waals surface area contributed by atoms with Crippen molar-refractivity contribution in [1.82, 2.24) is 5.32 Å². The van der Waals surface area contributed by atoms with Crippen molar-refractivity contribution in [3.63, 3.8) is 0 Å². The van der Waals surface area contributed by atoms with Crippen LogP contribution in [0.3, 0.4) is 0 Å². The van der Waals surface area contributed by atoms with Crippen molar-refractivity contribution >= 4 is 23.2 Å². The Kier molecular flexibility index (Phi) is 8.02. The molecule has 0 spiro atoms. The molecule has 0 saturated carbocycles. The Bertz CT molecular complexity index is 139. The van der Waals surface area contributed by atoms with Crippen molar-refractivity contribution in [2.24, 2.45) is 0 Å². The quantitative estimate of drug-likeness (QED) is 0.679. The summed E-state index contributed by atoms with van der Waals surface area (Å²) < 4.78 is 4.96. The largest absolute Gasteiger partial charge is 0.383 e. The molecule has 0 aliphatic carbocycles. The fourth-order valence-electron chi connectivity index (χ4n) is 0.703. The third-order valence-electron chi connectivity index (χ3n) is 1.41. The maximum atomic E-state index is 5.68. The lowest BCUT2D eigenvalue weighted by molar-refractivity contribution is 0.174. The second-order valence-electron chi connectivity index (χ2n) is 2.64. The van der Waals surface area contributed by atoms with E-state index in [9.17, 15) is 0 Å². The number of hydrogen-bond donors (Lipinski definition) is 1. The van der Waals surface area contributed by atoms with Crippen LogP contribution >= 0.6 is 23.2 Å². The van der Waals surface area contributed by atoms with E-state index in [0.29, 0.717) is 12.5 Å². The summed E-state index contributed by atoms with van der Waals surface area (Å²) in [5, 5.41) is 3.21. The van der Waals surface area contributed by atoms with Gasteiger partial charge in [-0.2, -0.15) is 0 Å². The average Bonchev–Trinajstić information content (AvgIpc) is 2.11. The number of hydrogen-bond acceptors (Lipinski definition) is 2. The van der Waals surface area contributed by atoms with E-state index < -0.39 is 0 Å². The van der Waals surface area contributed by atoms with Crippen LogP contribution in [0.25, 0.3) is 0 Å². The van der Waals surface area contributed by atoms with Crippen LogP contribution in [0.1, 0.15) is 6.92 Å². The minimum absolute atomic E-state index is 0.197. The first kappa shape index (κ1) is 12.2. The molecule has 1 atom stereocenters. The summed E-state index contributed by atoms with van der Waals surface area (Å²) in [5.41, 5.74) is 2.65. The van der Waals surface area contributed by atoms with Crippen LogP contribution in [0.5, 0.6) is 0 Å². The monoisotopic (exact) mass is 211 g/mol. The molecule has 0 rings (SSSR count). The number of ether oxygens (including phenoxy) is 1. The van der Waals surface area contributed by atoms with E-state index in [2.05, 4.69) is 5.32 Å². The van der Waals surface area contributed by atoms with Gasteiger partial charge in [0.1, 0.15) is 0 Å². The molecule has 72 valence electrons. The van der Waals surface area contributed by atoms with Crippen LogP contribution in [0.2, 0.25) is 0 Å². The maximum Gasteiger partial charge on any atom is 0.0627 e. The van der Waals surface area contributed by atoms with Crippen LogP contribution in [-0.4, -0.2) is 32.2 Å². The van der Waals surface area contributed by atoms with Crippen LogP contribution in [0.15, 0.2) is 11.1 Å². The van der Waals surface area contributed by atoms with Crippen molar-refractivity contribution in [2.45, 2.75) is 13.0 Å². The molecular weight excluding hydrogens is 197 g/mol. The Hall–Kier alpha value is 0.240. The van der Waals surface area contributed by atoms with E-state index in [1.165, 1.54) is 0 Å². The lowest BCUT2D eigenvalue weighted by Gasteiger charge is -2.14. The minimum atomic E-state index is 0.197. The molecule has 0 aromatic heterocycles. The molecule has 12 heavy (non-hydrogen) atoms. The number of halogens is 2. The fourth-order valence-corrected chi connectivity index (χ4v) is 0.978. The number of alkyl halides is 1. The lowest BCUT2D eigenvalue weighted by Crippen LogP contribution is -2.35. The molecule has 1 N–H and O–H groups in total. The normalized spacial score (nSPS) is 14.8. The van der Waals surface area contributed by atoms with Gasteiger partial charge >= 0.3 is 0 Å².